The number of esters is 1. The molecule has 6 nitrogen and oxygen atoms in total. The molecule has 0 amide bonds. The molecule has 1 unspecified atom stereocenters. The summed E-state index contributed by atoms with van der Waals surface area (Å²) in [5.41, 5.74) is 10.3. The molecular formula is C31H22Cl2N2O4. The Morgan fingerprint density at radius 3 is 2.54 bits per heavy atom. The standard InChI is InChI=1S/C31H22Cl2N2O4/c1-18-5-7-19(8-6-18)17-37-22-4-2-3-20(13-22)29-25-12-10-23(15-28(25)39-30(35)26(29)16-34)38-31(36)24-11-9-21(32)14-27(24)33/h2-15,29H,17,35H2,1H3. The number of hydrogen-bond acceptors (Lipinski definition) is 6. The summed E-state index contributed by atoms with van der Waals surface area (Å²) >= 11 is 12.1. The number of halogens is 2. The number of nitriles is 1. The molecule has 0 saturated carbocycles. The summed E-state index contributed by atoms with van der Waals surface area (Å²) in [5, 5.41) is 10.5. The molecule has 0 radical (unpaired) electrons. The maximum Gasteiger partial charge on any atom is 0.345 e. The zero-order chi connectivity index (χ0) is 27.5. The van der Waals surface area contributed by atoms with E-state index in [9.17, 15) is 10.1 Å². The van der Waals surface area contributed by atoms with Gasteiger partial charge in [-0.15, -0.1) is 0 Å². The van der Waals surface area contributed by atoms with Gasteiger partial charge in [-0.3, -0.25) is 0 Å². The van der Waals surface area contributed by atoms with Gasteiger partial charge in [0.15, 0.2) is 0 Å². The first-order chi connectivity index (χ1) is 18.8. The van der Waals surface area contributed by atoms with Crippen molar-refractivity contribution in [2.45, 2.75) is 19.4 Å². The van der Waals surface area contributed by atoms with E-state index in [1.165, 1.54) is 17.7 Å². The van der Waals surface area contributed by atoms with Crippen molar-refractivity contribution in [1.82, 2.24) is 0 Å². The van der Waals surface area contributed by atoms with Gasteiger partial charge >= 0.3 is 5.97 Å². The van der Waals surface area contributed by atoms with Gasteiger partial charge in [0.1, 0.15) is 35.5 Å². The van der Waals surface area contributed by atoms with Gasteiger partial charge in [-0.25, -0.2) is 4.79 Å². The predicted molar refractivity (Wildman–Crippen MR) is 149 cm³/mol. The first-order valence-corrected chi connectivity index (χ1v) is 12.7. The Morgan fingerprint density at radius 2 is 1.79 bits per heavy atom. The number of nitrogens with two attached hydrogens (primary N) is 1. The van der Waals surface area contributed by atoms with E-state index in [1.54, 1.807) is 24.3 Å². The van der Waals surface area contributed by atoms with E-state index >= 15 is 0 Å². The highest BCUT2D eigenvalue weighted by molar-refractivity contribution is 6.36. The van der Waals surface area contributed by atoms with Crippen LogP contribution in [0.2, 0.25) is 10.0 Å². The Balaban J connectivity index is 1.42. The molecular weight excluding hydrogens is 535 g/mol. The summed E-state index contributed by atoms with van der Waals surface area (Å²) in [5.74, 6) is 0.0789. The quantitative estimate of drug-likeness (QED) is 0.197. The number of fused-ring (bicyclic) bond motifs is 1. The van der Waals surface area contributed by atoms with Crippen molar-refractivity contribution in [2.75, 3.05) is 0 Å². The van der Waals surface area contributed by atoms with Crippen LogP contribution < -0.4 is 19.9 Å². The molecule has 4 aromatic rings. The minimum atomic E-state index is -0.649. The van der Waals surface area contributed by atoms with Crippen LogP contribution in [0.3, 0.4) is 0 Å². The maximum atomic E-state index is 12.7. The number of rotatable bonds is 6. The Kier molecular flexibility index (Phi) is 7.47. The van der Waals surface area contributed by atoms with Crippen molar-refractivity contribution in [1.29, 1.82) is 5.26 Å². The molecule has 39 heavy (non-hydrogen) atoms. The summed E-state index contributed by atoms with van der Waals surface area (Å²) < 4.78 is 17.3. The first kappa shape index (κ1) is 26.2. The van der Waals surface area contributed by atoms with Crippen LogP contribution in [-0.2, 0) is 6.61 Å². The van der Waals surface area contributed by atoms with E-state index in [-0.39, 0.29) is 27.8 Å². The van der Waals surface area contributed by atoms with Gasteiger partial charge < -0.3 is 19.9 Å². The molecule has 1 aliphatic rings. The van der Waals surface area contributed by atoms with E-state index in [1.807, 2.05) is 55.5 Å². The fourth-order valence-corrected chi connectivity index (χ4v) is 4.78. The molecule has 8 heteroatoms. The highest BCUT2D eigenvalue weighted by Gasteiger charge is 2.31. The van der Waals surface area contributed by atoms with Gasteiger partial charge in [0.05, 0.1) is 16.5 Å². The summed E-state index contributed by atoms with van der Waals surface area (Å²) in [6, 6.07) is 27.3. The highest BCUT2D eigenvalue weighted by atomic mass is 35.5. The zero-order valence-electron chi connectivity index (χ0n) is 20.8. The van der Waals surface area contributed by atoms with Crippen LogP contribution in [0.25, 0.3) is 0 Å². The largest absolute Gasteiger partial charge is 0.489 e. The summed E-state index contributed by atoms with van der Waals surface area (Å²) in [6.07, 6.45) is 0. The Labute approximate surface area is 235 Å². The number of aryl methyl sites for hydroxylation is 1. The van der Waals surface area contributed by atoms with Gasteiger partial charge in [0.25, 0.3) is 0 Å². The number of hydrogen-bond donors (Lipinski definition) is 1. The fourth-order valence-electron chi connectivity index (χ4n) is 4.29. The summed E-state index contributed by atoms with van der Waals surface area (Å²) in [4.78, 5) is 12.7. The molecule has 194 valence electrons. The lowest BCUT2D eigenvalue weighted by Crippen LogP contribution is -2.21. The van der Waals surface area contributed by atoms with Crippen LogP contribution in [0.1, 0.15) is 38.5 Å². The van der Waals surface area contributed by atoms with E-state index in [4.69, 9.17) is 43.1 Å². The van der Waals surface area contributed by atoms with E-state index in [0.29, 0.717) is 28.7 Å². The molecule has 1 heterocycles. The van der Waals surface area contributed by atoms with Crippen molar-refractivity contribution < 1.29 is 19.0 Å². The Morgan fingerprint density at radius 1 is 1.00 bits per heavy atom. The molecule has 0 saturated heterocycles. The molecule has 0 aromatic heterocycles. The average molecular weight is 557 g/mol. The Hall–Kier alpha value is -4.44. The molecule has 0 spiro atoms. The fraction of sp³-hybridized carbons (Fsp3) is 0.0968. The number of carbonyl (C=O) groups is 1. The molecule has 5 rings (SSSR count). The van der Waals surface area contributed by atoms with Crippen molar-refractivity contribution in [3.63, 3.8) is 0 Å². The molecule has 1 atom stereocenters. The smallest absolute Gasteiger partial charge is 0.345 e. The van der Waals surface area contributed by atoms with Gasteiger partial charge in [-0.2, -0.15) is 5.26 Å². The number of nitrogens with zero attached hydrogens (tertiary/aromatic N) is 1. The SMILES string of the molecule is Cc1ccc(COc2cccc(C3C(C#N)=C(N)Oc4cc(OC(=O)c5ccc(Cl)cc5Cl)ccc43)c2)cc1. The second-order valence-corrected chi connectivity index (χ2v) is 9.83. The minimum Gasteiger partial charge on any atom is -0.489 e. The van der Waals surface area contributed by atoms with Gasteiger partial charge in [0.2, 0.25) is 5.88 Å². The van der Waals surface area contributed by atoms with Crippen molar-refractivity contribution in [3.05, 3.63) is 134 Å². The minimum absolute atomic E-state index is 0.0230. The third-order valence-electron chi connectivity index (χ3n) is 6.27. The normalized spacial score (nSPS) is 14.2. The van der Waals surface area contributed by atoms with Crippen LogP contribution in [0.5, 0.6) is 17.2 Å². The highest BCUT2D eigenvalue weighted by Crippen LogP contribution is 2.44. The second kappa shape index (κ2) is 11.1. The van der Waals surface area contributed by atoms with Crippen LogP contribution in [0.4, 0.5) is 0 Å². The van der Waals surface area contributed by atoms with Crippen LogP contribution in [0, 0.1) is 18.3 Å². The molecule has 0 bridgehead atoms. The first-order valence-electron chi connectivity index (χ1n) is 12.0. The maximum absolute atomic E-state index is 12.7. The van der Waals surface area contributed by atoms with Crippen LogP contribution in [0.15, 0.2) is 96.4 Å². The number of benzene rings is 4. The third kappa shape index (κ3) is 5.70. The lowest BCUT2D eigenvalue weighted by atomic mass is 9.83. The third-order valence-corrected chi connectivity index (χ3v) is 6.82. The number of carbonyl (C=O) groups excluding carboxylic acids is 1. The van der Waals surface area contributed by atoms with Crippen molar-refractivity contribution in [3.8, 4) is 23.3 Å². The summed E-state index contributed by atoms with van der Waals surface area (Å²) in [6.45, 7) is 2.44. The molecule has 4 aromatic carbocycles. The van der Waals surface area contributed by atoms with Crippen molar-refractivity contribution >= 4 is 29.2 Å². The number of allylic oxidation sites excluding steroid dienone is 1. The van der Waals surface area contributed by atoms with Crippen LogP contribution >= 0.6 is 23.2 Å². The molecule has 1 aliphatic heterocycles. The lowest BCUT2D eigenvalue weighted by Gasteiger charge is -2.27. The van der Waals surface area contributed by atoms with E-state index in [0.717, 1.165) is 11.1 Å². The van der Waals surface area contributed by atoms with Gasteiger partial charge in [-0.1, -0.05) is 71.2 Å². The van der Waals surface area contributed by atoms with Crippen LogP contribution in [-0.4, -0.2) is 5.97 Å². The predicted octanol–water partition coefficient (Wildman–Crippen LogP) is 7.32. The topological polar surface area (TPSA) is 94.6 Å². The molecule has 0 fully saturated rings. The summed E-state index contributed by atoms with van der Waals surface area (Å²) in [7, 11) is 0. The van der Waals surface area contributed by atoms with Gasteiger partial charge in [-0.05, 0) is 54.4 Å². The molecule has 0 aliphatic carbocycles. The molecule has 2 N–H and O–H groups in total. The lowest BCUT2D eigenvalue weighted by molar-refractivity contribution is 0.0734. The van der Waals surface area contributed by atoms with E-state index in [2.05, 4.69) is 6.07 Å². The Bertz CT molecular complexity index is 1640. The number of ether oxygens (including phenoxy) is 3. The zero-order valence-corrected chi connectivity index (χ0v) is 22.3. The monoisotopic (exact) mass is 556 g/mol. The van der Waals surface area contributed by atoms with Gasteiger partial charge in [0, 0.05) is 16.7 Å². The average Bonchev–Trinajstić information content (AvgIpc) is 2.92. The van der Waals surface area contributed by atoms with Crippen molar-refractivity contribution in [2.24, 2.45) is 5.73 Å². The second-order valence-electron chi connectivity index (χ2n) is 8.98. The van der Waals surface area contributed by atoms with E-state index < -0.39 is 11.9 Å².